The number of carbonyl (C=O) groups is 1. The van der Waals surface area contributed by atoms with E-state index >= 15 is 0 Å². The van der Waals surface area contributed by atoms with Crippen LogP contribution >= 0.6 is 11.3 Å². The average Bonchev–Trinajstić information content (AvgIpc) is 3.01. The maximum Gasteiger partial charge on any atom is 0.240 e. The van der Waals surface area contributed by atoms with Crippen LogP contribution in [0, 0.1) is 5.92 Å². The zero-order valence-electron chi connectivity index (χ0n) is 12.2. The molecule has 0 aromatic carbocycles. The normalized spacial score (nSPS) is 24.9. The number of nitrogens with zero attached hydrogens (tertiary/aromatic N) is 3. The summed E-state index contributed by atoms with van der Waals surface area (Å²) in [4.78, 5) is 14.2. The first-order valence-corrected chi connectivity index (χ1v) is 8.59. The topological polar surface area (TPSA) is 67.3 Å². The summed E-state index contributed by atoms with van der Waals surface area (Å²) < 4.78 is 5.94. The molecule has 2 aliphatic rings. The lowest BCUT2D eigenvalue weighted by Crippen LogP contribution is -2.48. The first-order chi connectivity index (χ1) is 10.3. The molecule has 1 saturated heterocycles. The van der Waals surface area contributed by atoms with Crippen molar-refractivity contribution in [3.05, 3.63) is 5.51 Å². The summed E-state index contributed by atoms with van der Waals surface area (Å²) >= 11 is 1.34. The van der Waals surface area contributed by atoms with Gasteiger partial charge in [0.05, 0.1) is 19.3 Å². The quantitative estimate of drug-likeness (QED) is 0.918. The number of hydrogen-bond donors (Lipinski definition) is 1. The number of aromatic nitrogens is 2. The number of ether oxygens (including phenoxy) is 1. The van der Waals surface area contributed by atoms with Crippen LogP contribution in [-0.2, 0) is 9.53 Å². The van der Waals surface area contributed by atoms with Crippen LogP contribution in [0.15, 0.2) is 5.51 Å². The average molecular weight is 310 g/mol. The summed E-state index contributed by atoms with van der Waals surface area (Å²) in [7, 11) is 0. The number of morpholine rings is 1. The Morgan fingerprint density at radius 2 is 2.29 bits per heavy atom. The van der Waals surface area contributed by atoms with Crippen molar-refractivity contribution >= 4 is 22.4 Å². The Labute approximate surface area is 128 Å². The van der Waals surface area contributed by atoms with Crippen molar-refractivity contribution in [3.63, 3.8) is 0 Å². The highest BCUT2D eigenvalue weighted by Gasteiger charge is 2.29. The van der Waals surface area contributed by atoms with Crippen molar-refractivity contribution in [1.29, 1.82) is 0 Å². The fourth-order valence-corrected chi connectivity index (χ4v) is 3.72. The van der Waals surface area contributed by atoms with Gasteiger partial charge in [0.2, 0.25) is 11.0 Å². The summed E-state index contributed by atoms with van der Waals surface area (Å²) in [5.41, 5.74) is 1.61. The molecule has 1 N–H and O–H groups in total. The van der Waals surface area contributed by atoms with Crippen LogP contribution in [0.5, 0.6) is 0 Å². The van der Waals surface area contributed by atoms with E-state index in [-0.39, 0.29) is 5.91 Å². The van der Waals surface area contributed by atoms with Crippen LogP contribution in [0.25, 0.3) is 0 Å². The largest absolute Gasteiger partial charge is 0.375 e. The molecule has 116 valence electrons. The van der Waals surface area contributed by atoms with E-state index in [2.05, 4.69) is 20.4 Å². The van der Waals surface area contributed by atoms with E-state index in [9.17, 15) is 4.79 Å². The van der Waals surface area contributed by atoms with Crippen LogP contribution in [-0.4, -0.2) is 53.3 Å². The zero-order valence-corrected chi connectivity index (χ0v) is 13.0. The van der Waals surface area contributed by atoms with Crippen molar-refractivity contribution < 1.29 is 9.53 Å². The molecule has 21 heavy (non-hydrogen) atoms. The number of nitrogens with one attached hydrogen (secondary N) is 1. The predicted octanol–water partition coefficient (Wildman–Crippen LogP) is 1.76. The highest BCUT2D eigenvalue weighted by atomic mass is 32.1. The van der Waals surface area contributed by atoms with Gasteiger partial charge in [-0.15, -0.1) is 10.2 Å². The van der Waals surface area contributed by atoms with Crippen molar-refractivity contribution in [3.8, 4) is 0 Å². The highest BCUT2D eigenvalue weighted by Crippen LogP contribution is 2.29. The molecule has 6 nitrogen and oxygen atoms in total. The molecular formula is C14H22N4O2S. The first kappa shape index (κ1) is 14.9. The minimum atomic E-state index is -0.0176. The van der Waals surface area contributed by atoms with Gasteiger partial charge in [-0.05, 0) is 18.8 Å². The van der Waals surface area contributed by atoms with E-state index in [0.29, 0.717) is 23.7 Å². The van der Waals surface area contributed by atoms with Gasteiger partial charge in [0.25, 0.3) is 0 Å². The number of carbonyl (C=O) groups excluding carboxylic acids is 1. The van der Waals surface area contributed by atoms with Crippen molar-refractivity contribution in [2.75, 3.05) is 31.6 Å². The van der Waals surface area contributed by atoms with Gasteiger partial charge in [0.15, 0.2) is 0 Å². The summed E-state index contributed by atoms with van der Waals surface area (Å²) in [5, 5.41) is 10.9. The van der Waals surface area contributed by atoms with Crippen LogP contribution in [0.4, 0.5) is 5.13 Å². The summed E-state index contributed by atoms with van der Waals surface area (Å²) in [5.74, 6) is 0.656. The minimum absolute atomic E-state index is 0.0176. The molecule has 1 saturated carbocycles. The van der Waals surface area contributed by atoms with E-state index in [0.717, 1.165) is 19.7 Å². The molecule has 1 unspecified atom stereocenters. The summed E-state index contributed by atoms with van der Waals surface area (Å²) in [6.45, 7) is 2.83. The molecule has 2 fully saturated rings. The second kappa shape index (κ2) is 7.29. The monoisotopic (exact) mass is 310 g/mol. The molecule has 0 radical (unpaired) electrons. The third-order valence-corrected chi connectivity index (χ3v) is 4.93. The minimum Gasteiger partial charge on any atom is -0.375 e. The van der Waals surface area contributed by atoms with Gasteiger partial charge in [-0.3, -0.25) is 15.0 Å². The molecule has 1 aliphatic heterocycles. The fraction of sp³-hybridized carbons (Fsp3) is 0.786. The van der Waals surface area contributed by atoms with Gasteiger partial charge in [-0.1, -0.05) is 30.6 Å². The molecule has 0 spiro atoms. The molecule has 1 atom stereocenters. The Kier molecular flexibility index (Phi) is 5.16. The van der Waals surface area contributed by atoms with Gasteiger partial charge in [-0.2, -0.15) is 0 Å². The van der Waals surface area contributed by atoms with Gasteiger partial charge in [-0.25, -0.2) is 0 Å². The highest BCUT2D eigenvalue weighted by molar-refractivity contribution is 7.13. The second-order valence-electron chi connectivity index (χ2n) is 5.83. The SMILES string of the molecule is O=C(CN1CCOC(C2CCCCC2)C1)Nc1nncs1. The molecule has 1 aliphatic carbocycles. The number of hydrogen-bond acceptors (Lipinski definition) is 6. The van der Waals surface area contributed by atoms with E-state index in [4.69, 9.17) is 4.74 Å². The number of anilines is 1. The predicted molar refractivity (Wildman–Crippen MR) is 81.3 cm³/mol. The van der Waals surface area contributed by atoms with Gasteiger partial charge < -0.3 is 4.74 Å². The fourth-order valence-electron chi connectivity index (χ4n) is 3.26. The molecule has 1 amide bonds. The van der Waals surface area contributed by atoms with Crippen molar-refractivity contribution in [2.45, 2.75) is 38.2 Å². The van der Waals surface area contributed by atoms with Crippen molar-refractivity contribution in [2.24, 2.45) is 5.92 Å². The third kappa shape index (κ3) is 4.21. The Morgan fingerprint density at radius 3 is 3.05 bits per heavy atom. The molecular weight excluding hydrogens is 288 g/mol. The van der Waals surface area contributed by atoms with Crippen LogP contribution in [0.1, 0.15) is 32.1 Å². The summed E-state index contributed by atoms with van der Waals surface area (Å²) in [6.07, 6.45) is 6.85. The van der Waals surface area contributed by atoms with Gasteiger partial charge in [0, 0.05) is 13.1 Å². The number of amides is 1. The molecule has 2 heterocycles. The number of rotatable bonds is 4. The van der Waals surface area contributed by atoms with Crippen LogP contribution < -0.4 is 5.32 Å². The summed E-state index contributed by atoms with van der Waals surface area (Å²) in [6, 6.07) is 0. The molecule has 1 aromatic heterocycles. The second-order valence-corrected chi connectivity index (χ2v) is 6.67. The van der Waals surface area contributed by atoms with E-state index in [1.807, 2.05) is 0 Å². The molecule has 7 heteroatoms. The maximum absolute atomic E-state index is 12.0. The molecule has 0 bridgehead atoms. The Bertz CT molecular complexity index is 448. The van der Waals surface area contributed by atoms with E-state index < -0.39 is 0 Å². The molecule has 1 aromatic rings. The van der Waals surface area contributed by atoms with Crippen molar-refractivity contribution in [1.82, 2.24) is 15.1 Å². The molecule has 3 rings (SSSR count). The Balaban J connectivity index is 1.47. The smallest absolute Gasteiger partial charge is 0.240 e. The van der Waals surface area contributed by atoms with E-state index in [1.54, 1.807) is 5.51 Å². The lowest BCUT2D eigenvalue weighted by molar-refractivity contribution is -0.120. The maximum atomic E-state index is 12.0. The first-order valence-electron chi connectivity index (χ1n) is 7.71. The third-order valence-electron chi connectivity index (χ3n) is 4.33. The Morgan fingerprint density at radius 1 is 1.43 bits per heavy atom. The van der Waals surface area contributed by atoms with Gasteiger partial charge in [0.1, 0.15) is 5.51 Å². The lowest BCUT2D eigenvalue weighted by Gasteiger charge is -2.38. The Hall–Kier alpha value is -1.05. The standard InChI is InChI=1S/C14H22N4O2S/c19-13(16-14-17-15-10-21-14)9-18-6-7-20-12(8-18)11-4-2-1-3-5-11/h10-12H,1-9H2,(H,16,17,19). The lowest BCUT2D eigenvalue weighted by atomic mass is 9.84. The van der Waals surface area contributed by atoms with Gasteiger partial charge >= 0.3 is 0 Å². The van der Waals surface area contributed by atoms with Crippen LogP contribution in [0.3, 0.4) is 0 Å². The zero-order chi connectivity index (χ0) is 14.5. The van der Waals surface area contributed by atoms with E-state index in [1.165, 1.54) is 43.4 Å². The van der Waals surface area contributed by atoms with Crippen LogP contribution in [0.2, 0.25) is 0 Å².